The molecule has 0 saturated carbocycles. The van der Waals surface area contributed by atoms with E-state index in [9.17, 15) is 26.7 Å². The molecule has 2 aromatic carbocycles. The number of halogens is 5. The van der Waals surface area contributed by atoms with Crippen molar-refractivity contribution in [2.75, 3.05) is 0 Å². The van der Waals surface area contributed by atoms with Crippen LogP contribution in [-0.4, -0.2) is 9.97 Å². The summed E-state index contributed by atoms with van der Waals surface area (Å²) in [6.45, 7) is 0. The Morgan fingerprint density at radius 1 is 1.00 bits per heavy atom. The van der Waals surface area contributed by atoms with Crippen LogP contribution in [0.15, 0.2) is 41.2 Å². The van der Waals surface area contributed by atoms with Crippen molar-refractivity contribution < 1.29 is 22.0 Å². The van der Waals surface area contributed by atoms with Crippen LogP contribution in [0, 0.1) is 11.6 Å². The van der Waals surface area contributed by atoms with E-state index in [0.717, 1.165) is 0 Å². The van der Waals surface area contributed by atoms with E-state index in [1.54, 1.807) is 12.1 Å². The lowest BCUT2D eigenvalue weighted by Crippen LogP contribution is -2.12. The van der Waals surface area contributed by atoms with Crippen LogP contribution >= 0.6 is 0 Å². The Bertz CT molecular complexity index is 939. The number of aromatic nitrogens is 2. The van der Waals surface area contributed by atoms with Crippen molar-refractivity contribution in [3.63, 3.8) is 0 Å². The molecule has 0 amide bonds. The maximum absolute atomic E-state index is 14.0. The lowest BCUT2D eigenvalue weighted by atomic mass is 10.1. The molecule has 0 aliphatic carbocycles. The third-order valence-electron chi connectivity index (χ3n) is 3.22. The first-order chi connectivity index (χ1) is 10.8. The molecule has 3 aromatic rings. The molecular weight excluding hydrogens is 319 g/mol. The van der Waals surface area contributed by atoms with Crippen molar-refractivity contribution >= 4 is 10.9 Å². The van der Waals surface area contributed by atoms with Gasteiger partial charge in [0.05, 0.1) is 22.0 Å². The molecule has 0 spiro atoms. The van der Waals surface area contributed by atoms with Crippen molar-refractivity contribution in [1.82, 2.24) is 9.97 Å². The smallest absolute Gasteiger partial charge is 0.306 e. The van der Waals surface area contributed by atoms with Crippen LogP contribution < -0.4 is 5.56 Å². The summed E-state index contributed by atoms with van der Waals surface area (Å²) in [6.07, 6.45) is -4.88. The number of nitrogens with one attached hydrogen (secondary N) is 1. The Morgan fingerprint density at radius 3 is 2.22 bits per heavy atom. The van der Waals surface area contributed by atoms with Crippen molar-refractivity contribution in [3.05, 3.63) is 63.9 Å². The number of hydrogen-bond donors (Lipinski definition) is 1. The van der Waals surface area contributed by atoms with E-state index in [4.69, 9.17) is 0 Å². The molecule has 0 radical (unpaired) electrons. The molecule has 1 heterocycles. The van der Waals surface area contributed by atoms with Gasteiger partial charge in [-0.05, 0) is 24.3 Å². The molecule has 0 unspecified atom stereocenters. The monoisotopic (exact) mass is 326 g/mol. The van der Waals surface area contributed by atoms with Gasteiger partial charge in [-0.2, -0.15) is 13.2 Å². The summed E-state index contributed by atoms with van der Waals surface area (Å²) in [6, 6.07) is 6.38. The van der Waals surface area contributed by atoms with Gasteiger partial charge in [-0.15, -0.1) is 0 Å². The van der Waals surface area contributed by atoms with E-state index in [1.807, 2.05) is 0 Å². The molecule has 1 aromatic heterocycles. The average molecular weight is 326 g/mol. The van der Waals surface area contributed by atoms with Gasteiger partial charge >= 0.3 is 6.18 Å². The Labute approximate surface area is 125 Å². The second-order valence-corrected chi connectivity index (χ2v) is 4.74. The van der Waals surface area contributed by atoms with E-state index in [2.05, 4.69) is 9.97 Å². The van der Waals surface area contributed by atoms with Gasteiger partial charge in [0, 0.05) is 0 Å². The minimum absolute atomic E-state index is 0.160. The topological polar surface area (TPSA) is 45.8 Å². The summed E-state index contributed by atoms with van der Waals surface area (Å²) in [7, 11) is 0. The average Bonchev–Trinajstić information content (AvgIpc) is 2.45. The van der Waals surface area contributed by atoms with E-state index < -0.39 is 40.3 Å². The van der Waals surface area contributed by atoms with Crippen LogP contribution in [-0.2, 0) is 6.18 Å². The number of para-hydroxylation sites is 1. The first kappa shape index (κ1) is 15.1. The predicted octanol–water partition coefficient (Wildman–Crippen LogP) is 3.89. The van der Waals surface area contributed by atoms with Gasteiger partial charge in [-0.3, -0.25) is 4.79 Å². The van der Waals surface area contributed by atoms with Crippen LogP contribution in [0.25, 0.3) is 22.3 Å². The van der Waals surface area contributed by atoms with Crippen molar-refractivity contribution in [1.29, 1.82) is 0 Å². The standard InChI is InChI=1S/C15H7F5N2O/c16-9-5-7(15(18,19)20)6-10(17)12(9)13-21-11-4-2-1-3-8(11)14(23)22-13/h1-6H,(H,21,22,23). The number of fused-ring (bicyclic) bond motifs is 1. The zero-order valence-electron chi connectivity index (χ0n) is 11.2. The number of alkyl halides is 3. The third-order valence-corrected chi connectivity index (χ3v) is 3.22. The number of hydrogen-bond acceptors (Lipinski definition) is 2. The SMILES string of the molecule is O=c1[nH]c(-c2c(F)cc(C(F)(F)F)cc2F)nc2ccccc12. The minimum Gasteiger partial charge on any atom is -0.306 e. The molecule has 3 rings (SSSR count). The molecule has 0 saturated heterocycles. The number of rotatable bonds is 1. The van der Waals surface area contributed by atoms with E-state index in [0.29, 0.717) is 0 Å². The minimum atomic E-state index is -4.88. The highest BCUT2D eigenvalue weighted by molar-refractivity contribution is 5.79. The normalized spacial score (nSPS) is 11.9. The number of H-pyrrole nitrogens is 1. The molecule has 0 fully saturated rings. The lowest BCUT2D eigenvalue weighted by Gasteiger charge is -2.10. The Balaban J connectivity index is 2.25. The van der Waals surface area contributed by atoms with Gasteiger partial charge < -0.3 is 4.98 Å². The van der Waals surface area contributed by atoms with E-state index in [1.165, 1.54) is 12.1 Å². The first-order valence-corrected chi connectivity index (χ1v) is 6.33. The van der Waals surface area contributed by atoms with Gasteiger partial charge in [0.25, 0.3) is 5.56 Å². The summed E-state index contributed by atoms with van der Waals surface area (Å²) in [5.41, 5.74) is -2.76. The number of benzene rings is 2. The van der Waals surface area contributed by atoms with E-state index in [-0.39, 0.29) is 23.0 Å². The van der Waals surface area contributed by atoms with Gasteiger partial charge in [0.1, 0.15) is 17.5 Å². The van der Waals surface area contributed by atoms with Gasteiger partial charge in [-0.25, -0.2) is 13.8 Å². The van der Waals surface area contributed by atoms with E-state index >= 15 is 0 Å². The third kappa shape index (κ3) is 2.67. The summed E-state index contributed by atoms with van der Waals surface area (Å²) in [5.74, 6) is -3.40. The van der Waals surface area contributed by atoms with Crippen LogP contribution in [0.3, 0.4) is 0 Å². The maximum Gasteiger partial charge on any atom is 0.416 e. The largest absolute Gasteiger partial charge is 0.416 e. The van der Waals surface area contributed by atoms with Gasteiger partial charge in [-0.1, -0.05) is 12.1 Å². The molecule has 0 atom stereocenters. The number of nitrogens with zero attached hydrogens (tertiary/aromatic N) is 1. The molecular formula is C15H7F5N2O. The Morgan fingerprint density at radius 2 is 1.61 bits per heavy atom. The molecule has 118 valence electrons. The molecule has 1 N–H and O–H groups in total. The lowest BCUT2D eigenvalue weighted by molar-refractivity contribution is -0.138. The van der Waals surface area contributed by atoms with Crippen molar-refractivity contribution in [2.45, 2.75) is 6.18 Å². The summed E-state index contributed by atoms with van der Waals surface area (Å²) < 4.78 is 65.6. The zero-order chi connectivity index (χ0) is 16.8. The molecule has 0 aliphatic rings. The Kier molecular flexibility index (Phi) is 3.39. The van der Waals surface area contributed by atoms with Crippen molar-refractivity contribution in [2.24, 2.45) is 0 Å². The molecule has 23 heavy (non-hydrogen) atoms. The molecule has 8 heteroatoms. The fourth-order valence-corrected chi connectivity index (χ4v) is 2.17. The fraction of sp³-hybridized carbons (Fsp3) is 0.0667. The van der Waals surface area contributed by atoms with Crippen LogP contribution in [0.4, 0.5) is 22.0 Å². The summed E-state index contributed by atoms with van der Waals surface area (Å²) in [5, 5.41) is 0.198. The highest BCUT2D eigenvalue weighted by Crippen LogP contribution is 2.33. The molecule has 0 bridgehead atoms. The quantitative estimate of drug-likeness (QED) is 0.690. The van der Waals surface area contributed by atoms with Crippen LogP contribution in [0.1, 0.15) is 5.56 Å². The predicted molar refractivity (Wildman–Crippen MR) is 72.7 cm³/mol. The maximum atomic E-state index is 14.0. The zero-order valence-corrected chi connectivity index (χ0v) is 11.2. The summed E-state index contributed by atoms with van der Waals surface area (Å²) in [4.78, 5) is 18.0. The molecule has 3 nitrogen and oxygen atoms in total. The molecule has 0 aliphatic heterocycles. The summed E-state index contributed by atoms with van der Waals surface area (Å²) >= 11 is 0. The first-order valence-electron chi connectivity index (χ1n) is 6.33. The van der Waals surface area contributed by atoms with Crippen molar-refractivity contribution in [3.8, 4) is 11.4 Å². The fourth-order valence-electron chi connectivity index (χ4n) is 2.17. The van der Waals surface area contributed by atoms with Gasteiger partial charge in [0.15, 0.2) is 0 Å². The second-order valence-electron chi connectivity index (χ2n) is 4.74. The van der Waals surface area contributed by atoms with Gasteiger partial charge in [0.2, 0.25) is 0 Å². The number of aromatic amines is 1. The van der Waals surface area contributed by atoms with Crippen LogP contribution in [0.5, 0.6) is 0 Å². The highest BCUT2D eigenvalue weighted by Gasteiger charge is 2.33. The Hall–Kier alpha value is -2.77. The van der Waals surface area contributed by atoms with Crippen LogP contribution in [0.2, 0.25) is 0 Å². The highest BCUT2D eigenvalue weighted by atomic mass is 19.4. The second kappa shape index (κ2) is 5.15.